The van der Waals surface area contributed by atoms with Gasteiger partial charge < -0.3 is 9.47 Å². The molecule has 18 heavy (non-hydrogen) atoms. The van der Waals surface area contributed by atoms with Gasteiger partial charge in [0.15, 0.2) is 0 Å². The zero-order chi connectivity index (χ0) is 12.2. The smallest absolute Gasteiger partial charge is 0.120 e. The van der Waals surface area contributed by atoms with E-state index < -0.39 is 0 Å². The van der Waals surface area contributed by atoms with Crippen LogP contribution in [0.5, 0.6) is 0 Å². The Morgan fingerprint density at radius 2 is 1.94 bits per heavy atom. The molecule has 0 radical (unpaired) electrons. The first-order valence-electron chi connectivity index (χ1n) is 7.52. The molecule has 4 unspecified atom stereocenters. The van der Waals surface area contributed by atoms with Crippen LogP contribution in [0.2, 0.25) is 0 Å². The van der Waals surface area contributed by atoms with Crippen molar-refractivity contribution in [3.05, 3.63) is 0 Å². The SMILES string of the molecule is C1CCOC(C2CCC(C3NCCO3)SC2)CC1. The molecular weight excluding hydrogens is 246 g/mol. The van der Waals surface area contributed by atoms with Crippen LogP contribution in [0.3, 0.4) is 0 Å². The van der Waals surface area contributed by atoms with Gasteiger partial charge in [-0.1, -0.05) is 12.8 Å². The van der Waals surface area contributed by atoms with Crippen LogP contribution in [0.15, 0.2) is 0 Å². The first-order valence-corrected chi connectivity index (χ1v) is 8.56. The summed E-state index contributed by atoms with van der Waals surface area (Å²) in [5.74, 6) is 2.04. The first-order chi connectivity index (χ1) is 8.93. The van der Waals surface area contributed by atoms with Crippen molar-refractivity contribution in [2.45, 2.75) is 56.1 Å². The molecule has 3 aliphatic heterocycles. The van der Waals surface area contributed by atoms with Gasteiger partial charge in [-0.15, -0.1) is 0 Å². The quantitative estimate of drug-likeness (QED) is 0.835. The largest absolute Gasteiger partial charge is 0.378 e. The molecule has 0 bridgehead atoms. The van der Waals surface area contributed by atoms with E-state index in [0.717, 1.165) is 25.7 Å². The minimum absolute atomic E-state index is 0.311. The van der Waals surface area contributed by atoms with E-state index in [2.05, 4.69) is 17.1 Å². The van der Waals surface area contributed by atoms with Gasteiger partial charge in [0, 0.05) is 18.4 Å². The summed E-state index contributed by atoms with van der Waals surface area (Å²) >= 11 is 2.10. The van der Waals surface area contributed by atoms with Gasteiger partial charge in [0.05, 0.1) is 12.7 Å². The number of nitrogens with one attached hydrogen (secondary N) is 1. The Bertz CT molecular complexity index is 242. The summed E-state index contributed by atoms with van der Waals surface area (Å²) in [6.07, 6.45) is 8.73. The molecule has 0 spiro atoms. The topological polar surface area (TPSA) is 30.5 Å². The van der Waals surface area contributed by atoms with Gasteiger partial charge >= 0.3 is 0 Å². The average Bonchev–Trinajstić information content (AvgIpc) is 2.82. The molecular formula is C14H25NO2S. The molecule has 1 N–H and O–H groups in total. The molecule has 3 saturated heterocycles. The maximum atomic E-state index is 6.04. The lowest BCUT2D eigenvalue weighted by Gasteiger charge is -2.34. The summed E-state index contributed by atoms with van der Waals surface area (Å²) < 4.78 is 11.8. The summed E-state index contributed by atoms with van der Waals surface area (Å²) in [6, 6.07) is 0. The van der Waals surface area contributed by atoms with Crippen molar-refractivity contribution in [3.8, 4) is 0 Å². The fourth-order valence-electron chi connectivity index (χ4n) is 3.32. The molecule has 0 saturated carbocycles. The third-order valence-electron chi connectivity index (χ3n) is 4.42. The second-order valence-corrected chi connectivity index (χ2v) is 6.99. The van der Waals surface area contributed by atoms with E-state index in [9.17, 15) is 0 Å². The Morgan fingerprint density at radius 1 is 0.944 bits per heavy atom. The molecule has 3 rings (SSSR count). The molecule has 3 heterocycles. The third-order valence-corrected chi connectivity index (χ3v) is 5.95. The standard InChI is InChI=1S/C14H25NO2S/c1-2-4-12(16-8-3-1)11-5-6-13(18-10-11)14-15-7-9-17-14/h11-15H,1-10H2. The van der Waals surface area contributed by atoms with Crippen molar-refractivity contribution < 1.29 is 9.47 Å². The van der Waals surface area contributed by atoms with Crippen molar-refractivity contribution in [1.82, 2.24) is 5.32 Å². The van der Waals surface area contributed by atoms with Crippen molar-refractivity contribution in [1.29, 1.82) is 0 Å². The zero-order valence-corrected chi connectivity index (χ0v) is 11.9. The summed E-state index contributed by atoms with van der Waals surface area (Å²) in [4.78, 5) is 0. The van der Waals surface area contributed by atoms with Crippen molar-refractivity contribution in [2.75, 3.05) is 25.5 Å². The van der Waals surface area contributed by atoms with E-state index in [1.165, 1.54) is 44.3 Å². The summed E-state index contributed by atoms with van der Waals surface area (Å²) in [7, 11) is 0. The van der Waals surface area contributed by atoms with Crippen LogP contribution in [0.4, 0.5) is 0 Å². The molecule has 104 valence electrons. The van der Waals surface area contributed by atoms with Crippen molar-refractivity contribution in [3.63, 3.8) is 0 Å². The Balaban J connectivity index is 1.46. The van der Waals surface area contributed by atoms with Crippen molar-refractivity contribution >= 4 is 11.8 Å². The van der Waals surface area contributed by atoms with E-state index in [1.54, 1.807) is 0 Å². The van der Waals surface area contributed by atoms with Gasteiger partial charge in [0.25, 0.3) is 0 Å². The number of hydrogen-bond donors (Lipinski definition) is 1. The van der Waals surface area contributed by atoms with E-state index in [-0.39, 0.29) is 0 Å². The summed E-state index contributed by atoms with van der Waals surface area (Å²) in [6.45, 7) is 2.90. The van der Waals surface area contributed by atoms with Crippen LogP contribution in [0.25, 0.3) is 0 Å². The molecule has 0 aromatic carbocycles. The van der Waals surface area contributed by atoms with E-state index in [0.29, 0.717) is 17.6 Å². The highest BCUT2D eigenvalue weighted by Gasteiger charge is 2.34. The van der Waals surface area contributed by atoms with Crippen LogP contribution in [0.1, 0.15) is 38.5 Å². The number of ether oxygens (including phenoxy) is 2. The van der Waals surface area contributed by atoms with Gasteiger partial charge in [-0.3, -0.25) is 5.32 Å². The minimum Gasteiger partial charge on any atom is -0.378 e. The molecule has 0 aromatic heterocycles. The second kappa shape index (κ2) is 6.60. The first kappa shape index (κ1) is 13.2. The average molecular weight is 271 g/mol. The molecule has 0 aliphatic carbocycles. The molecule has 0 amide bonds. The Labute approximate surface area is 114 Å². The lowest BCUT2D eigenvalue weighted by Crippen LogP contribution is -2.39. The fourth-order valence-corrected chi connectivity index (χ4v) is 4.85. The Morgan fingerprint density at radius 3 is 2.72 bits per heavy atom. The number of rotatable bonds is 2. The van der Waals surface area contributed by atoms with Gasteiger partial charge in [0.1, 0.15) is 6.23 Å². The highest BCUT2D eigenvalue weighted by Crippen LogP contribution is 2.36. The maximum absolute atomic E-state index is 6.04. The minimum atomic E-state index is 0.311. The van der Waals surface area contributed by atoms with Gasteiger partial charge in [-0.25, -0.2) is 0 Å². The highest BCUT2D eigenvalue weighted by atomic mass is 32.2. The second-order valence-electron chi connectivity index (χ2n) is 5.71. The number of hydrogen-bond acceptors (Lipinski definition) is 4. The van der Waals surface area contributed by atoms with E-state index in [1.807, 2.05) is 0 Å². The molecule has 4 atom stereocenters. The van der Waals surface area contributed by atoms with Crippen LogP contribution < -0.4 is 5.32 Å². The van der Waals surface area contributed by atoms with Gasteiger partial charge in [-0.2, -0.15) is 11.8 Å². The molecule has 4 heteroatoms. The predicted octanol–water partition coefficient (Wildman–Crippen LogP) is 2.40. The van der Waals surface area contributed by atoms with Crippen molar-refractivity contribution in [2.24, 2.45) is 5.92 Å². The number of thioether (sulfide) groups is 1. The van der Waals surface area contributed by atoms with Gasteiger partial charge in [-0.05, 0) is 37.4 Å². The molecule has 0 aromatic rings. The monoisotopic (exact) mass is 271 g/mol. The molecule has 3 aliphatic rings. The summed E-state index contributed by atoms with van der Waals surface area (Å²) in [5.41, 5.74) is 0. The molecule has 3 fully saturated rings. The maximum Gasteiger partial charge on any atom is 0.120 e. The highest BCUT2D eigenvalue weighted by molar-refractivity contribution is 8.00. The Hall–Kier alpha value is 0.230. The third kappa shape index (κ3) is 3.21. The van der Waals surface area contributed by atoms with Crippen LogP contribution >= 0.6 is 11.8 Å². The molecule has 3 nitrogen and oxygen atoms in total. The van der Waals surface area contributed by atoms with Gasteiger partial charge in [0.2, 0.25) is 0 Å². The normalized spacial score (nSPS) is 42.7. The lowest BCUT2D eigenvalue weighted by molar-refractivity contribution is 0.0165. The van der Waals surface area contributed by atoms with Crippen LogP contribution in [0, 0.1) is 5.92 Å². The van der Waals surface area contributed by atoms with E-state index in [4.69, 9.17) is 9.47 Å². The fraction of sp³-hybridized carbons (Fsp3) is 1.00. The van der Waals surface area contributed by atoms with Crippen LogP contribution in [-0.2, 0) is 9.47 Å². The van der Waals surface area contributed by atoms with Crippen LogP contribution in [-0.4, -0.2) is 43.1 Å². The lowest BCUT2D eigenvalue weighted by atomic mass is 9.93. The zero-order valence-electron chi connectivity index (χ0n) is 11.1. The Kier molecular flexibility index (Phi) is 4.85. The summed E-state index contributed by atoms with van der Waals surface area (Å²) in [5, 5.41) is 4.12. The predicted molar refractivity (Wildman–Crippen MR) is 74.9 cm³/mol. The van der Waals surface area contributed by atoms with E-state index >= 15 is 0 Å².